The minimum Gasteiger partial charge on any atom is -0.383 e. The zero-order valence-electron chi connectivity index (χ0n) is 20.9. The van der Waals surface area contributed by atoms with Gasteiger partial charge in [0.1, 0.15) is 29.1 Å². The van der Waals surface area contributed by atoms with Crippen LogP contribution in [0.3, 0.4) is 0 Å². The molecule has 1 aliphatic carbocycles. The molecule has 1 atom stereocenters. The molecule has 3 aromatic heterocycles. The second-order valence-electron chi connectivity index (χ2n) is 9.66. The van der Waals surface area contributed by atoms with Crippen LogP contribution in [0.25, 0.3) is 11.0 Å². The summed E-state index contributed by atoms with van der Waals surface area (Å²) in [5.41, 5.74) is 7.91. The summed E-state index contributed by atoms with van der Waals surface area (Å²) in [6.45, 7) is 4.16. The molecule has 3 heterocycles. The van der Waals surface area contributed by atoms with Gasteiger partial charge in [0.2, 0.25) is 0 Å². The van der Waals surface area contributed by atoms with Crippen molar-refractivity contribution in [1.29, 1.82) is 0 Å². The van der Waals surface area contributed by atoms with Crippen LogP contribution in [0.4, 0.5) is 11.5 Å². The molecule has 188 valence electrons. The minimum absolute atomic E-state index is 0.190. The van der Waals surface area contributed by atoms with E-state index in [2.05, 4.69) is 39.0 Å². The van der Waals surface area contributed by atoms with Gasteiger partial charge in [-0.2, -0.15) is 0 Å². The lowest BCUT2D eigenvalue weighted by atomic mass is 9.98. The summed E-state index contributed by atoms with van der Waals surface area (Å²) >= 11 is 0. The highest BCUT2D eigenvalue weighted by molar-refractivity contribution is 6.16. The van der Waals surface area contributed by atoms with Crippen molar-refractivity contribution < 1.29 is 14.6 Å². The first-order valence-electron chi connectivity index (χ1n) is 11.9. The lowest BCUT2D eigenvalue weighted by Gasteiger charge is -2.17. The number of nitrogen functional groups attached to an aromatic ring is 1. The van der Waals surface area contributed by atoms with Crippen molar-refractivity contribution in [2.75, 3.05) is 18.2 Å². The molecule has 4 N–H and O–H groups in total. The molecule has 0 saturated heterocycles. The lowest BCUT2D eigenvalue weighted by Crippen LogP contribution is -2.20. The van der Waals surface area contributed by atoms with E-state index in [0.717, 1.165) is 18.4 Å². The Morgan fingerprint density at radius 3 is 2.68 bits per heavy atom. The maximum Gasteiger partial charge on any atom is 0.259 e. The molecule has 1 aromatic carbocycles. The number of aromatic nitrogens is 4. The first kappa shape index (κ1) is 24.4. The average molecular weight is 497 g/mol. The third-order valence-electron chi connectivity index (χ3n) is 6.69. The third kappa shape index (κ3) is 4.65. The fourth-order valence-corrected chi connectivity index (χ4v) is 4.35. The first-order chi connectivity index (χ1) is 17.7. The highest BCUT2D eigenvalue weighted by Crippen LogP contribution is 2.47. The molecule has 1 amide bonds. The molecule has 37 heavy (non-hydrogen) atoms. The maximum atomic E-state index is 13.8. The van der Waals surface area contributed by atoms with Crippen molar-refractivity contribution in [3.8, 4) is 11.8 Å². The van der Waals surface area contributed by atoms with Crippen molar-refractivity contribution in [1.82, 2.24) is 19.5 Å². The molecule has 1 saturated carbocycles. The largest absolute Gasteiger partial charge is 0.383 e. The Bertz CT molecular complexity index is 1530. The van der Waals surface area contributed by atoms with Crippen molar-refractivity contribution in [3.05, 3.63) is 77.5 Å². The number of pyridine rings is 1. The van der Waals surface area contributed by atoms with E-state index in [9.17, 15) is 9.90 Å². The molecule has 1 aliphatic rings. The molecule has 5 rings (SSSR count). The van der Waals surface area contributed by atoms with Gasteiger partial charge in [0.15, 0.2) is 0 Å². The van der Waals surface area contributed by atoms with E-state index in [-0.39, 0.29) is 22.8 Å². The number of anilines is 2. The van der Waals surface area contributed by atoms with Crippen molar-refractivity contribution in [2.24, 2.45) is 0 Å². The highest BCUT2D eigenvalue weighted by Gasteiger charge is 2.44. The van der Waals surface area contributed by atoms with Gasteiger partial charge in [-0.25, -0.2) is 9.97 Å². The second kappa shape index (κ2) is 9.32. The maximum absolute atomic E-state index is 13.8. The standard InChI is InChI=1S/C28H28N6O3/c1-27(12-13-27)34-21(10-11-28(2,36)19-5-4-14-30-15-19)22(23-24(29)31-17-32-25(23)34)26(35)33-20-8-6-18(7-9-20)16-37-3/h4-9,14-15,17,36H,12-13,16H2,1-3H3,(H,33,35)(H2,29,31,32). The smallest absolute Gasteiger partial charge is 0.259 e. The van der Waals surface area contributed by atoms with E-state index in [0.29, 0.717) is 34.6 Å². The second-order valence-corrected chi connectivity index (χ2v) is 9.66. The summed E-state index contributed by atoms with van der Waals surface area (Å²) in [5, 5.41) is 14.5. The van der Waals surface area contributed by atoms with Crippen LogP contribution in [0.15, 0.2) is 55.1 Å². The van der Waals surface area contributed by atoms with Crippen LogP contribution in [-0.2, 0) is 22.5 Å². The Morgan fingerprint density at radius 2 is 2.03 bits per heavy atom. The summed E-state index contributed by atoms with van der Waals surface area (Å²) in [7, 11) is 1.63. The zero-order chi connectivity index (χ0) is 26.2. The molecule has 0 spiro atoms. The Hall–Kier alpha value is -4.26. The predicted octanol–water partition coefficient (Wildman–Crippen LogP) is 3.58. The first-order valence-corrected chi connectivity index (χ1v) is 11.9. The van der Waals surface area contributed by atoms with Crippen LogP contribution in [0.1, 0.15) is 53.9 Å². The minimum atomic E-state index is -1.50. The van der Waals surface area contributed by atoms with Gasteiger partial charge in [0.05, 0.1) is 17.6 Å². The lowest BCUT2D eigenvalue weighted by molar-refractivity contribution is 0.102. The van der Waals surface area contributed by atoms with Gasteiger partial charge < -0.3 is 25.5 Å². The van der Waals surface area contributed by atoms with Gasteiger partial charge >= 0.3 is 0 Å². The number of nitrogens with zero attached hydrogens (tertiary/aromatic N) is 4. The molecular formula is C28H28N6O3. The number of amides is 1. The normalized spacial score (nSPS) is 15.5. The number of carbonyl (C=O) groups is 1. The molecule has 9 nitrogen and oxygen atoms in total. The number of methoxy groups -OCH3 is 1. The van der Waals surface area contributed by atoms with Gasteiger partial charge in [0.25, 0.3) is 5.91 Å². The van der Waals surface area contributed by atoms with Gasteiger partial charge in [-0.15, -0.1) is 0 Å². The number of benzene rings is 1. The number of rotatable bonds is 6. The van der Waals surface area contributed by atoms with Crippen LogP contribution in [-0.4, -0.2) is 37.6 Å². The Labute approximate surface area is 214 Å². The van der Waals surface area contributed by atoms with E-state index < -0.39 is 5.60 Å². The van der Waals surface area contributed by atoms with Gasteiger partial charge in [-0.05, 0) is 56.4 Å². The number of ether oxygens (including phenoxy) is 1. The van der Waals surface area contributed by atoms with E-state index in [1.807, 2.05) is 28.8 Å². The average Bonchev–Trinajstić information content (AvgIpc) is 3.53. The van der Waals surface area contributed by atoms with Gasteiger partial charge in [0, 0.05) is 36.3 Å². The predicted molar refractivity (Wildman–Crippen MR) is 141 cm³/mol. The molecule has 9 heteroatoms. The van der Waals surface area contributed by atoms with E-state index in [1.54, 1.807) is 38.6 Å². The van der Waals surface area contributed by atoms with Crippen LogP contribution in [0.2, 0.25) is 0 Å². The van der Waals surface area contributed by atoms with Crippen LogP contribution < -0.4 is 11.1 Å². The number of hydrogen-bond acceptors (Lipinski definition) is 7. The number of aliphatic hydroxyl groups is 1. The van der Waals surface area contributed by atoms with Gasteiger partial charge in [-0.1, -0.05) is 24.1 Å². The van der Waals surface area contributed by atoms with Crippen LogP contribution in [0.5, 0.6) is 0 Å². The Morgan fingerprint density at radius 1 is 1.27 bits per heavy atom. The van der Waals surface area contributed by atoms with E-state index in [1.165, 1.54) is 6.33 Å². The molecular weight excluding hydrogens is 468 g/mol. The number of nitrogens with one attached hydrogen (secondary N) is 1. The fourth-order valence-electron chi connectivity index (χ4n) is 4.35. The molecule has 4 aromatic rings. The number of hydrogen-bond donors (Lipinski definition) is 3. The summed E-state index contributed by atoms with van der Waals surface area (Å²) < 4.78 is 7.13. The molecule has 0 radical (unpaired) electrons. The fraction of sp³-hybridized carbons (Fsp3) is 0.286. The summed E-state index contributed by atoms with van der Waals surface area (Å²) in [5.74, 6) is 5.87. The number of fused-ring (bicyclic) bond motifs is 1. The Balaban J connectivity index is 1.66. The summed E-state index contributed by atoms with van der Waals surface area (Å²) in [6.07, 6.45) is 6.38. The zero-order valence-corrected chi connectivity index (χ0v) is 20.9. The Kier molecular flexibility index (Phi) is 6.15. The van der Waals surface area contributed by atoms with Crippen LogP contribution >= 0.6 is 0 Å². The van der Waals surface area contributed by atoms with Crippen molar-refractivity contribution in [2.45, 2.75) is 44.4 Å². The SMILES string of the molecule is COCc1ccc(NC(=O)c2c(C#CC(C)(O)c3cccnc3)n(C3(C)CC3)c3ncnc(N)c23)cc1. The number of nitrogens with two attached hydrogens (primary N) is 1. The third-order valence-corrected chi connectivity index (χ3v) is 6.69. The summed E-state index contributed by atoms with van der Waals surface area (Å²) in [6, 6.07) is 10.9. The molecule has 1 unspecified atom stereocenters. The highest BCUT2D eigenvalue weighted by atomic mass is 16.5. The molecule has 0 bridgehead atoms. The van der Waals surface area contributed by atoms with Gasteiger partial charge in [-0.3, -0.25) is 9.78 Å². The quantitative estimate of drug-likeness (QED) is 0.348. The number of carbonyl (C=O) groups excluding carboxylic acids is 1. The van der Waals surface area contributed by atoms with Crippen LogP contribution in [0, 0.1) is 11.8 Å². The topological polar surface area (TPSA) is 128 Å². The van der Waals surface area contributed by atoms with Crippen molar-refractivity contribution in [3.63, 3.8) is 0 Å². The van der Waals surface area contributed by atoms with Crippen molar-refractivity contribution >= 4 is 28.4 Å². The molecule has 0 aliphatic heterocycles. The summed E-state index contributed by atoms with van der Waals surface area (Å²) in [4.78, 5) is 26.5. The monoisotopic (exact) mass is 496 g/mol. The van der Waals surface area contributed by atoms with E-state index >= 15 is 0 Å². The molecule has 1 fully saturated rings. The van der Waals surface area contributed by atoms with E-state index in [4.69, 9.17) is 10.5 Å².